The number of halogens is 20. The van der Waals surface area contributed by atoms with Crippen LogP contribution in [0.3, 0.4) is 0 Å². The summed E-state index contributed by atoms with van der Waals surface area (Å²) in [6.45, 7) is 4.79. The van der Waals surface area contributed by atoms with E-state index < -0.39 is 144 Å². The van der Waals surface area contributed by atoms with Crippen LogP contribution in [0.15, 0.2) is 54.7 Å². The van der Waals surface area contributed by atoms with Crippen molar-refractivity contribution in [2.24, 2.45) is 5.92 Å². The van der Waals surface area contributed by atoms with E-state index in [9.17, 15) is 57.5 Å². The van der Waals surface area contributed by atoms with E-state index >= 15 is 35.1 Å². The van der Waals surface area contributed by atoms with Crippen molar-refractivity contribution in [3.05, 3.63) is 182 Å². The summed E-state index contributed by atoms with van der Waals surface area (Å²) < 4.78 is 296. The second-order valence-corrected chi connectivity index (χ2v) is 14.0. The zero-order valence-electron chi connectivity index (χ0n) is 31.7. The van der Waals surface area contributed by atoms with Crippen LogP contribution in [0.4, 0.5) is 87.8 Å². The van der Waals surface area contributed by atoms with Gasteiger partial charge in [-0.15, -0.1) is 21.9 Å². The van der Waals surface area contributed by atoms with Crippen molar-refractivity contribution in [3.63, 3.8) is 0 Å². The van der Waals surface area contributed by atoms with E-state index in [2.05, 4.69) is 24.5 Å². The molecule has 6 aromatic rings. The first kappa shape index (κ1) is 48.6. The van der Waals surface area contributed by atoms with Gasteiger partial charge in [-0.1, -0.05) is 50.2 Å². The van der Waals surface area contributed by atoms with Gasteiger partial charge in [0.05, 0.1) is 0 Å². The van der Waals surface area contributed by atoms with Crippen LogP contribution in [-0.4, -0.2) is 11.9 Å². The van der Waals surface area contributed by atoms with Crippen LogP contribution in [0.1, 0.15) is 29.9 Å². The molecule has 1 aromatic heterocycles. The molecule has 0 saturated carbocycles. The molecule has 0 unspecified atom stereocenters. The molecule has 64 heavy (non-hydrogen) atoms. The van der Waals surface area contributed by atoms with Gasteiger partial charge in [-0.05, 0) is 5.92 Å². The van der Waals surface area contributed by atoms with Crippen LogP contribution >= 0.6 is 0 Å². The topological polar surface area (TPSA) is 20.9 Å². The molecule has 0 radical (unpaired) electrons. The zero-order valence-corrected chi connectivity index (χ0v) is 31.7. The SMILES string of the molecule is CC(C)Cc1cccc[n+]1CC(=O)c1ccccc1.Fc1c(F)c(F)c([B-](c2c(F)c(F)c(F)c(F)c2F)(c2c(F)c(F)c(F)c(F)c2F)c2c(F)c(F)c(F)c(F)c2F)c(F)c1F. The number of Topliss-reactive ketones (excluding diaryl/α,β-unsaturated/α-hetero) is 1. The molecule has 6 rings (SSSR count). The molecule has 0 N–H and O–H groups in total. The maximum Gasteiger partial charge on any atom is 0.227 e. The van der Waals surface area contributed by atoms with Crippen molar-refractivity contribution in [3.8, 4) is 0 Å². The van der Waals surface area contributed by atoms with Gasteiger partial charge >= 0.3 is 0 Å². The first-order valence-electron chi connectivity index (χ1n) is 17.7. The molecule has 2 nitrogen and oxygen atoms in total. The normalized spacial score (nSPS) is 11.6. The van der Waals surface area contributed by atoms with Gasteiger partial charge in [-0.3, -0.25) is 4.79 Å². The predicted octanol–water partition coefficient (Wildman–Crippen LogP) is 8.90. The Bertz CT molecular complexity index is 2450. The second-order valence-electron chi connectivity index (χ2n) is 14.0. The van der Waals surface area contributed by atoms with E-state index in [4.69, 9.17) is 0 Å². The lowest BCUT2D eigenvalue weighted by Gasteiger charge is -2.44. The average Bonchev–Trinajstić information content (AvgIpc) is 3.27. The number of hydrogen-bond acceptors (Lipinski definition) is 1. The minimum Gasteiger partial charge on any atom is -0.287 e. The van der Waals surface area contributed by atoms with E-state index in [0.29, 0.717) is 12.5 Å². The summed E-state index contributed by atoms with van der Waals surface area (Å²) in [5.74, 6) is -70.7. The highest BCUT2D eigenvalue weighted by molar-refractivity contribution is 7.20. The Balaban J connectivity index is 0.000000337. The smallest absolute Gasteiger partial charge is 0.227 e. The van der Waals surface area contributed by atoms with E-state index in [1.54, 1.807) is 0 Å². The van der Waals surface area contributed by atoms with Crippen molar-refractivity contribution in [1.82, 2.24) is 0 Å². The van der Waals surface area contributed by atoms with Crippen molar-refractivity contribution in [1.29, 1.82) is 0 Å². The van der Waals surface area contributed by atoms with Crippen LogP contribution in [0.25, 0.3) is 0 Å². The van der Waals surface area contributed by atoms with Crippen LogP contribution in [0.2, 0.25) is 0 Å². The van der Waals surface area contributed by atoms with Gasteiger partial charge in [0.1, 0.15) is 52.7 Å². The fraction of sp³-hybridized carbons (Fsp3) is 0.122. The first-order chi connectivity index (χ1) is 29.9. The number of ketones is 1. The van der Waals surface area contributed by atoms with Gasteiger partial charge < -0.3 is 0 Å². The van der Waals surface area contributed by atoms with Crippen molar-refractivity contribution in [2.45, 2.75) is 26.8 Å². The fourth-order valence-electron chi connectivity index (χ4n) is 7.01. The molecule has 0 fully saturated rings. The maximum atomic E-state index is 15.4. The van der Waals surface area contributed by atoms with Crippen LogP contribution in [0, 0.1) is 122 Å². The van der Waals surface area contributed by atoms with Crippen molar-refractivity contribution >= 4 is 33.8 Å². The molecule has 0 aliphatic rings. The summed E-state index contributed by atoms with van der Waals surface area (Å²) >= 11 is 0. The summed E-state index contributed by atoms with van der Waals surface area (Å²) in [6.07, 6.45) is -4.24. The Morgan fingerprint density at radius 2 is 0.672 bits per heavy atom. The molecule has 0 aliphatic carbocycles. The molecular weight excluding hydrogens is 913 g/mol. The van der Waals surface area contributed by atoms with Crippen LogP contribution in [-0.2, 0) is 13.0 Å². The minimum absolute atomic E-state index is 0.154. The molecule has 1 heterocycles. The minimum atomic E-state index is -7.22. The van der Waals surface area contributed by atoms with E-state index in [1.807, 2.05) is 48.7 Å². The Kier molecular flexibility index (Phi) is 13.9. The third-order valence-electron chi connectivity index (χ3n) is 9.77. The molecule has 23 heteroatoms. The number of nitrogens with zero attached hydrogens (tertiary/aromatic N) is 1. The molecule has 5 aromatic carbocycles. The third-order valence-corrected chi connectivity index (χ3v) is 9.77. The molecule has 0 atom stereocenters. The molecule has 338 valence electrons. The van der Waals surface area contributed by atoms with Crippen molar-refractivity contribution < 1.29 is 97.2 Å². The lowest BCUT2D eigenvalue weighted by molar-refractivity contribution is -0.690. The number of carbonyl (C=O) groups excluding carboxylic acids is 1. The Labute approximate surface area is 345 Å². The number of pyridine rings is 1. The lowest BCUT2D eigenvalue weighted by atomic mass is 9.12. The van der Waals surface area contributed by atoms with Gasteiger partial charge in [-0.2, -0.15) is 4.57 Å². The molecule has 0 aliphatic heterocycles. The fourth-order valence-corrected chi connectivity index (χ4v) is 7.01. The Hall–Kier alpha value is -6.42. The quantitative estimate of drug-likeness (QED) is 0.0355. The monoisotopic (exact) mass is 933 g/mol. The summed E-state index contributed by atoms with van der Waals surface area (Å²) in [6, 6.07) is 15.6. The zero-order chi connectivity index (χ0) is 48.0. The van der Waals surface area contributed by atoms with Gasteiger partial charge in [-0.25, -0.2) is 87.8 Å². The number of aromatic nitrogens is 1. The third kappa shape index (κ3) is 7.92. The van der Waals surface area contributed by atoms with Crippen molar-refractivity contribution in [2.75, 3.05) is 0 Å². The van der Waals surface area contributed by atoms with Gasteiger partial charge in [0.2, 0.25) is 12.3 Å². The largest absolute Gasteiger partial charge is 0.287 e. The Morgan fingerprint density at radius 3 is 0.953 bits per heavy atom. The second kappa shape index (κ2) is 18.4. The lowest BCUT2D eigenvalue weighted by Crippen LogP contribution is -2.81. The highest BCUT2D eigenvalue weighted by atomic mass is 19.2. The predicted molar refractivity (Wildman–Crippen MR) is 185 cm³/mol. The summed E-state index contributed by atoms with van der Waals surface area (Å²) in [7, 11) is 0. The summed E-state index contributed by atoms with van der Waals surface area (Å²) in [5.41, 5.74) is -12.3. The van der Waals surface area contributed by atoms with Gasteiger partial charge in [0, 0.05) is 24.1 Å². The highest BCUT2D eigenvalue weighted by Crippen LogP contribution is 2.30. The molecule has 0 saturated heterocycles. The van der Waals surface area contributed by atoms with Crippen LogP contribution < -0.4 is 26.4 Å². The summed E-state index contributed by atoms with van der Waals surface area (Å²) in [5, 5.41) is 0. The molecule has 0 spiro atoms. The number of benzene rings is 5. The summed E-state index contributed by atoms with van der Waals surface area (Å²) in [4.78, 5) is 12.2. The number of rotatable bonds is 9. The van der Waals surface area contributed by atoms with E-state index in [0.717, 1.165) is 12.0 Å². The first-order valence-corrected chi connectivity index (χ1v) is 17.7. The molecular formula is C41H20BF20NO. The highest BCUT2D eigenvalue weighted by Gasteiger charge is 2.52. The van der Waals surface area contributed by atoms with Gasteiger partial charge in [0.15, 0.2) is 81.7 Å². The maximum absolute atomic E-state index is 15.4. The molecule has 0 bridgehead atoms. The van der Waals surface area contributed by atoms with E-state index in [1.165, 1.54) is 5.69 Å². The number of hydrogen-bond donors (Lipinski definition) is 0. The van der Waals surface area contributed by atoms with Crippen LogP contribution in [0.5, 0.6) is 0 Å². The van der Waals surface area contributed by atoms with E-state index in [-0.39, 0.29) is 5.78 Å². The Morgan fingerprint density at radius 1 is 0.406 bits per heavy atom. The average molecular weight is 933 g/mol. The number of carbonyl (C=O) groups is 1. The standard InChI is InChI=1S/C24BF20.C17H20NO/c26-5-1(6(27)14(35)21(42)13(5)34)25(2-7(28)15(36)22(43)16(37)8(2)29,3-9(30)17(38)23(44)18(39)10(3)31)4-11(32)19(40)24(45)20(41)12(4)33;1-14(2)12-16-10-6-7-11-18(16)13-17(19)15-8-4-3-5-9-15/h;3-11,14H,12-13H2,1-2H3/q-1;+1. The van der Waals surface area contributed by atoms with Gasteiger partial charge in [0.25, 0.3) is 0 Å². The molecule has 0 amide bonds.